The third-order valence-corrected chi connectivity index (χ3v) is 6.34. The largest absolute Gasteiger partial charge is 0.342 e. The molecular formula is C26H31N5O2S. The van der Waals surface area contributed by atoms with Crippen molar-refractivity contribution in [2.75, 3.05) is 11.1 Å². The number of carbonyl (C=O) groups is 2. The summed E-state index contributed by atoms with van der Waals surface area (Å²) in [7, 11) is 0. The fourth-order valence-corrected chi connectivity index (χ4v) is 4.38. The van der Waals surface area contributed by atoms with Crippen LogP contribution >= 0.6 is 11.8 Å². The molecule has 0 spiro atoms. The van der Waals surface area contributed by atoms with E-state index in [0.717, 1.165) is 16.8 Å². The van der Waals surface area contributed by atoms with E-state index in [9.17, 15) is 9.59 Å². The van der Waals surface area contributed by atoms with Gasteiger partial charge >= 0.3 is 0 Å². The van der Waals surface area contributed by atoms with Gasteiger partial charge in [-0.15, -0.1) is 16.8 Å². The van der Waals surface area contributed by atoms with Crippen molar-refractivity contribution >= 4 is 29.3 Å². The van der Waals surface area contributed by atoms with Crippen molar-refractivity contribution in [1.29, 1.82) is 0 Å². The first-order chi connectivity index (χ1) is 16.3. The molecule has 1 aromatic heterocycles. The van der Waals surface area contributed by atoms with E-state index in [1.807, 2.05) is 60.9 Å². The molecule has 1 heterocycles. The van der Waals surface area contributed by atoms with E-state index in [1.165, 1.54) is 11.8 Å². The van der Waals surface area contributed by atoms with E-state index in [1.54, 1.807) is 12.1 Å². The second kappa shape index (κ2) is 11.7. The topological polar surface area (TPSA) is 88.9 Å². The highest BCUT2D eigenvalue weighted by atomic mass is 32.2. The lowest BCUT2D eigenvalue weighted by atomic mass is 10.0. The highest BCUT2D eigenvalue weighted by Gasteiger charge is 2.21. The minimum absolute atomic E-state index is 0.117. The number of nitrogens with one attached hydrogen (secondary N) is 2. The zero-order valence-electron chi connectivity index (χ0n) is 20.0. The Morgan fingerprint density at radius 2 is 1.79 bits per heavy atom. The number of thioether (sulfide) groups is 1. The molecule has 3 rings (SSSR count). The maximum Gasteiger partial charge on any atom is 0.252 e. The maximum absolute atomic E-state index is 12.7. The number of hydrogen-bond acceptors (Lipinski definition) is 5. The molecule has 1 atom stereocenters. The Morgan fingerprint density at radius 1 is 1.09 bits per heavy atom. The predicted molar refractivity (Wildman–Crippen MR) is 137 cm³/mol. The number of carbonyl (C=O) groups excluding carboxylic acids is 2. The van der Waals surface area contributed by atoms with Crippen molar-refractivity contribution in [3.63, 3.8) is 0 Å². The van der Waals surface area contributed by atoms with Crippen LogP contribution in [-0.4, -0.2) is 32.3 Å². The summed E-state index contributed by atoms with van der Waals surface area (Å²) in [5.74, 6) is 0.810. The molecule has 0 fully saturated rings. The van der Waals surface area contributed by atoms with Gasteiger partial charge in [0.15, 0.2) is 11.0 Å². The number of hydrogen-bond donors (Lipinski definition) is 2. The lowest BCUT2D eigenvalue weighted by Gasteiger charge is -2.16. The molecule has 3 aromatic rings. The molecule has 7 nitrogen and oxygen atoms in total. The number of para-hydroxylation sites is 1. The Kier molecular flexibility index (Phi) is 8.65. The van der Waals surface area contributed by atoms with E-state index >= 15 is 0 Å². The van der Waals surface area contributed by atoms with Gasteiger partial charge in [-0.2, -0.15) is 0 Å². The van der Waals surface area contributed by atoms with Gasteiger partial charge < -0.3 is 15.2 Å². The van der Waals surface area contributed by atoms with Crippen LogP contribution in [0.25, 0.3) is 0 Å². The van der Waals surface area contributed by atoms with Gasteiger partial charge in [-0.05, 0) is 43.0 Å². The summed E-state index contributed by atoms with van der Waals surface area (Å²) in [6.45, 7) is 12.2. The number of aryl methyl sites for hydroxylation is 1. The monoisotopic (exact) mass is 477 g/mol. The van der Waals surface area contributed by atoms with E-state index in [2.05, 4.69) is 41.3 Å². The van der Waals surface area contributed by atoms with E-state index in [4.69, 9.17) is 0 Å². The van der Waals surface area contributed by atoms with Crippen LogP contribution in [-0.2, 0) is 11.3 Å². The number of aromatic nitrogens is 3. The number of nitrogens with zero attached hydrogens (tertiary/aromatic N) is 3. The fourth-order valence-electron chi connectivity index (χ4n) is 3.63. The van der Waals surface area contributed by atoms with Gasteiger partial charge in [0.25, 0.3) is 5.91 Å². The minimum Gasteiger partial charge on any atom is -0.342 e. The lowest BCUT2D eigenvalue weighted by molar-refractivity contribution is -0.113. The van der Waals surface area contributed by atoms with Crippen LogP contribution in [0.1, 0.15) is 60.0 Å². The predicted octanol–water partition coefficient (Wildman–Crippen LogP) is 5.12. The number of allylic oxidation sites excluding steroid dienone is 1. The second-order valence-electron chi connectivity index (χ2n) is 8.33. The maximum atomic E-state index is 12.7. The molecule has 0 aliphatic heterocycles. The normalized spacial score (nSPS) is 11.8. The van der Waals surface area contributed by atoms with E-state index in [0.29, 0.717) is 29.0 Å². The number of amides is 2. The molecule has 178 valence electrons. The summed E-state index contributed by atoms with van der Waals surface area (Å²) in [6.07, 6.45) is 1.74. The fraction of sp³-hybridized carbons (Fsp3) is 0.308. The van der Waals surface area contributed by atoms with Crippen LogP contribution < -0.4 is 10.6 Å². The SMILES string of the molecule is C=CCn1c(SCC(=O)Nc2ccccc2C(C)C)nnc1[C@H](C)NC(=O)c1ccccc1C. The quantitative estimate of drug-likeness (QED) is 0.313. The number of benzene rings is 2. The van der Waals surface area contributed by atoms with Crippen LogP contribution in [0.4, 0.5) is 5.69 Å². The molecule has 0 bridgehead atoms. The van der Waals surface area contributed by atoms with Crippen molar-refractivity contribution in [2.45, 2.75) is 51.4 Å². The van der Waals surface area contributed by atoms with Crippen molar-refractivity contribution in [1.82, 2.24) is 20.1 Å². The molecule has 0 radical (unpaired) electrons. The Bertz CT molecular complexity index is 1170. The molecule has 34 heavy (non-hydrogen) atoms. The van der Waals surface area contributed by atoms with Crippen LogP contribution in [0.2, 0.25) is 0 Å². The molecule has 0 unspecified atom stereocenters. The molecule has 2 aromatic carbocycles. The van der Waals surface area contributed by atoms with Gasteiger partial charge in [0, 0.05) is 17.8 Å². The minimum atomic E-state index is -0.374. The summed E-state index contributed by atoms with van der Waals surface area (Å²) in [6, 6.07) is 14.9. The van der Waals surface area contributed by atoms with Gasteiger partial charge in [0.1, 0.15) is 0 Å². The highest BCUT2D eigenvalue weighted by molar-refractivity contribution is 7.99. The number of rotatable bonds is 10. The average molecular weight is 478 g/mol. The van der Waals surface area contributed by atoms with E-state index < -0.39 is 0 Å². The molecule has 0 saturated heterocycles. The second-order valence-corrected chi connectivity index (χ2v) is 9.27. The molecule has 2 amide bonds. The van der Waals surface area contributed by atoms with Crippen molar-refractivity contribution in [2.24, 2.45) is 0 Å². The highest BCUT2D eigenvalue weighted by Crippen LogP contribution is 2.25. The molecule has 0 aliphatic rings. The van der Waals surface area contributed by atoms with Gasteiger partial charge in [0.2, 0.25) is 5.91 Å². The third-order valence-electron chi connectivity index (χ3n) is 5.37. The average Bonchev–Trinajstić information content (AvgIpc) is 3.21. The van der Waals surface area contributed by atoms with Gasteiger partial charge in [-0.3, -0.25) is 9.59 Å². The molecule has 2 N–H and O–H groups in total. The summed E-state index contributed by atoms with van der Waals surface area (Å²) >= 11 is 1.30. The van der Waals surface area contributed by atoms with Crippen LogP contribution in [0.5, 0.6) is 0 Å². The van der Waals surface area contributed by atoms with Gasteiger partial charge in [-0.1, -0.05) is 68.1 Å². The zero-order valence-corrected chi connectivity index (χ0v) is 20.9. The summed E-state index contributed by atoms with van der Waals surface area (Å²) in [4.78, 5) is 25.4. The van der Waals surface area contributed by atoms with Crippen molar-refractivity contribution in [3.8, 4) is 0 Å². The first-order valence-electron chi connectivity index (χ1n) is 11.2. The van der Waals surface area contributed by atoms with Crippen LogP contribution in [0.15, 0.2) is 66.3 Å². The third kappa shape index (κ3) is 6.14. The van der Waals surface area contributed by atoms with Crippen LogP contribution in [0, 0.1) is 6.92 Å². The molecule has 0 saturated carbocycles. The molecular weight excluding hydrogens is 446 g/mol. The first-order valence-corrected chi connectivity index (χ1v) is 12.2. The van der Waals surface area contributed by atoms with Gasteiger partial charge in [0.05, 0.1) is 11.8 Å². The summed E-state index contributed by atoms with van der Waals surface area (Å²) < 4.78 is 1.87. The standard InChI is InChI=1S/C26H31N5O2S/c1-6-15-31-24(19(5)27-25(33)21-13-8-7-11-18(21)4)29-30-26(31)34-16-23(32)28-22-14-10-9-12-20(22)17(2)3/h6-14,17,19H,1,15-16H2,2-5H3,(H,27,33)(H,28,32)/t19-/m0/s1. The summed E-state index contributed by atoms with van der Waals surface area (Å²) in [5, 5.41) is 15.2. The van der Waals surface area contributed by atoms with Crippen molar-refractivity contribution < 1.29 is 9.59 Å². The first kappa shape index (κ1) is 25.2. The molecule has 8 heteroatoms. The van der Waals surface area contributed by atoms with Crippen molar-refractivity contribution in [3.05, 3.63) is 83.7 Å². The van der Waals surface area contributed by atoms with Crippen LogP contribution in [0.3, 0.4) is 0 Å². The Labute approximate surface area is 205 Å². The Morgan fingerprint density at radius 3 is 2.50 bits per heavy atom. The summed E-state index contributed by atoms with van der Waals surface area (Å²) in [5.41, 5.74) is 3.44. The zero-order chi connectivity index (χ0) is 24.7. The number of anilines is 1. The lowest BCUT2D eigenvalue weighted by Crippen LogP contribution is -2.29. The molecule has 0 aliphatic carbocycles. The van der Waals surface area contributed by atoms with Gasteiger partial charge in [-0.25, -0.2) is 0 Å². The Balaban J connectivity index is 1.69. The smallest absolute Gasteiger partial charge is 0.252 e. The Hall–Kier alpha value is -3.39. The van der Waals surface area contributed by atoms with E-state index in [-0.39, 0.29) is 23.6 Å².